The zero-order valence-corrected chi connectivity index (χ0v) is 13.4. The Balaban J connectivity index is 0.00000242. The molecule has 2 aromatic rings. The average Bonchev–Trinajstić information content (AvgIpc) is 2.50. The SMILES string of the molecule is CCC(C)Oc1ccc(C(=O)Nc2ccc(N)nc2)cc1.Cl. The van der Waals surface area contributed by atoms with Crippen LogP contribution in [-0.2, 0) is 0 Å². The van der Waals surface area contributed by atoms with Gasteiger partial charge in [0.05, 0.1) is 18.0 Å². The number of carbonyl (C=O) groups is 1. The highest BCUT2D eigenvalue weighted by atomic mass is 35.5. The number of halogens is 1. The Bertz CT molecular complexity index is 600. The Morgan fingerprint density at radius 1 is 1.27 bits per heavy atom. The molecule has 5 nitrogen and oxygen atoms in total. The summed E-state index contributed by atoms with van der Waals surface area (Å²) in [5.41, 5.74) is 6.66. The molecule has 3 N–H and O–H groups in total. The molecule has 0 aliphatic rings. The minimum atomic E-state index is -0.198. The van der Waals surface area contributed by atoms with Crippen molar-refractivity contribution >= 4 is 29.8 Å². The average molecular weight is 322 g/mol. The summed E-state index contributed by atoms with van der Waals surface area (Å²) < 4.78 is 5.67. The van der Waals surface area contributed by atoms with Crippen LogP contribution in [-0.4, -0.2) is 17.0 Å². The summed E-state index contributed by atoms with van der Waals surface area (Å²) >= 11 is 0. The molecule has 2 rings (SSSR count). The van der Waals surface area contributed by atoms with Crippen molar-refractivity contribution in [3.8, 4) is 5.75 Å². The van der Waals surface area contributed by atoms with Crippen molar-refractivity contribution in [3.63, 3.8) is 0 Å². The molecule has 0 saturated carbocycles. The van der Waals surface area contributed by atoms with Crippen LogP contribution >= 0.6 is 12.4 Å². The first-order chi connectivity index (χ1) is 10.1. The van der Waals surface area contributed by atoms with E-state index in [0.717, 1.165) is 12.2 Å². The van der Waals surface area contributed by atoms with Crippen molar-refractivity contribution < 1.29 is 9.53 Å². The maximum Gasteiger partial charge on any atom is 0.255 e. The molecule has 6 heteroatoms. The Hall–Kier alpha value is -2.27. The Labute approximate surface area is 136 Å². The molecule has 1 amide bonds. The second-order valence-electron chi connectivity index (χ2n) is 4.79. The molecule has 1 heterocycles. The van der Waals surface area contributed by atoms with Gasteiger partial charge >= 0.3 is 0 Å². The summed E-state index contributed by atoms with van der Waals surface area (Å²) in [5, 5.41) is 2.76. The summed E-state index contributed by atoms with van der Waals surface area (Å²) in [4.78, 5) is 16.0. The lowest BCUT2D eigenvalue weighted by Gasteiger charge is -2.12. The number of amides is 1. The molecule has 0 aliphatic carbocycles. The van der Waals surface area contributed by atoms with Gasteiger partial charge < -0.3 is 15.8 Å². The first kappa shape index (κ1) is 17.8. The van der Waals surface area contributed by atoms with E-state index in [2.05, 4.69) is 17.2 Å². The van der Waals surface area contributed by atoms with E-state index in [1.165, 1.54) is 6.20 Å². The predicted molar refractivity (Wildman–Crippen MR) is 90.7 cm³/mol. The predicted octanol–water partition coefficient (Wildman–Crippen LogP) is 3.52. The molecule has 0 spiro atoms. The molecule has 1 aromatic carbocycles. The molecule has 1 atom stereocenters. The zero-order valence-electron chi connectivity index (χ0n) is 12.6. The fraction of sp³-hybridized carbons (Fsp3) is 0.250. The van der Waals surface area contributed by atoms with Gasteiger partial charge in [0.15, 0.2) is 0 Å². The number of carbonyl (C=O) groups excluding carboxylic acids is 1. The number of nitrogen functional groups attached to an aromatic ring is 1. The first-order valence-electron chi connectivity index (χ1n) is 6.88. The normalized spacial score (nSPS) is 11.2. The second-order valence-corrected chi connectivity index (χ2v) is 4.79. The van der Waals surface area contributed by atoms with Crippen LogP contribution in [0.5, 0.6) is 5.75 Å². The second kappa shape index (κ2) is 8.24. The number of hydrogen-bond donors (Lipinski definition) is 2. The van der Waals surface area contributed by atoms with Gasteiger partial charge in [0.1, 0.15) is 11.6 Å². The third-order valence-corrected chi connectivity index (χ3v) is 3.07. The van der Waals surface area contributed by atoms with Crippen LogP contribution in [0, 0.1) is 0 Å². The van der Waals surface area contributed by atoms with Gasteiger partial charge in [0.2, 0.25) is 0 Å². The number of ether oxygens (including phenoxy) is 1. The molecule has 0 radical (unpaired) electrons. The largest absolute Gasteiger partial charge is 0.491 e. The summed E-state index contributed by atoms with van der Waals surface area (Å²) in [5.74, 6) is 0.978. The number of benzene rings is 1. The molecular formula is C16H20ClN3O2. The van der Waals surface area contributed by atoms with Crippen LogP contribution in [0.15, 0.2) is 42.6 Å². The smallest absolute Gasteiger partial charge is 0.255 e. The van der Waals surface area contributed by atoms with Crippen LogP contribution < -0.4 is 15.8 Å². The van der Waals surface area contributed by atoms with Gasteiger partial charge in [-0.2, -0.15) is 0 Å². The number of nitrogens with one attached hydrogen (secondary N) is 1. The number of rotatable bonds is 5. The number of hydrogen-bond acceptors (Lipinski definition) is 4. The van der Waals surface area contributed by atoms with Gasteiger partial charge in [-0.25, -0.2) is 4.98 Å². The van der Waals surface area contributed by atoms with Crippen LogP contribution in [0.4, 0.5) is 11.5 Å². The molecule has 0 saturated heterocycles. The van der Waals surface area contributed by atoms with E-state index in [1.54, 1.807) is 36.4 Å². The summed E-state index contributed by atoms with van der Waals surface area (Å²) in [7, 11) is 0. The maximum absolute atomic E-state index is 12.1. The molecule has 1 aromatic heterocycles. The van der Waals surface area contributed by atoms with Crippen molar-refractivity contribution in [3.05, 3.63) is 48.2 Å². The lowest BCUT2D eigenvalue weighted by molar-refractivity contribution is 0.102. The van der Waals surface area contributed by atoms with Gasteiger partial charge in [-0.1, -0.05) is 6.92 Å². The number of aromatic nitrogens is 1. The number of nitrogens with zero attached hydrogens (tertiary/aromatic N) is 1. The van der Waals surface area contributed by atoms with Gasteiger partial charge in [-0.15, -0.1) is 12.4 Å². The van der Waals surface area contributed by atoms with E-state index in [1.807, 2.05) is 6.92 Å². The minimum Gasteiger partial charge on any atom is -0.491 e. The maximum atomic E-state index is 12.1. The first-order valence-corrected chi connectivity index (χ1v) is 6.88. The number of nitrogens with two attached hydrogens (primary N) is 1. The minimum absolute atomic E-state index is 0. The molecular weight excluding hydrogens is 302 g/mol. The van der Waals surface area contributed by atoms with E-state index in [-0.39, 0.29) is 24.4 Å². The fourth-order valence-electron chi connectivity index (χ4n) is 1.68. The van der Waals surface area contributed by atoms with E-state index >= 15 is 0 Å². The van der Waals surface area contributed by atoms with Gasteiger partial charge in [0.25, 0.3) is 5.91 Å². The molecule has 22 heavy (non-hydrogen) atoms. The van der Waals surface area contributed by atoms with E-state index in [0.29, 0.717) is 17.1 Å². The van der Waals surface area contributed by atoms with Crippen LogP contribution in [0.3, 0.4) is 0 Å². The lowest BCUT2D eigenvalue weighted by Crippen LogP contribution is -2.13. The highest BCUT2D eigenvalue weighted by molar-refractivity contribution is 6.04. The van der Waals surface area contributed by atoms with E-state index < -0.39 is 0 Å². The molecule has 0 fully saturated rings. The van der Waals surface area contributed by atoms with Crippen molar-refractivity contribution in [1.82, 2.24) is 4.98 Å². The number of anilines is 2. The monoisotopic (exact) mass is 321 g/mol. The Morgan fingerprint density at radius 3 is 2.50 bits per heavy atom. The van der Waals surface area contributed by atoms with Crippen LogP contribution in [0.1, 0.15) is 30.6 Å². The standard InChI is InChI=1S/C16H19N3O2.ClH/c1-3-11(2)21-14-7-4-12(5-8-14)16(20)19-13-6-9-15(17)18-10-13;/h4-11H,3H2,1-2H3,(H2,17,18)(H,19,20);1H. The topological polar surface area (TPSA) is 77.2 Å². The summed E-state index contributed by atoms with van der Waals surface area (Å²) in [6.45, 7) is 4.07. The Morgan fingerprint density at radius 2 is 1.95 bits per heavy atom. The highest BCUT2D eigenvalue weighted by Gasteiger charge is 2.07. The fourth-order valence-corrected chi connectivity index (χ4v) is 1.68. The third kappa shape index (κ3) is 4.93. The van der Waals surface area contributed by atoms with Gasteiger partial charge in [-0.05, 0) is 49.7 Å². The van der Waals surface area contributed by atoms with Crippen LogP contribution in [0.2, 0.25) is 0 Å². The van der Waals surface area contributed by atoms with E-state index in [4.69, 9.17) is 10.5 Å². The van der Waals surface area contributed by atoms with Gasteiger partial charge in [-0.3, -0.25) is 4.79 Å². The zero-order chi connectivity index (χ0) is 15.2. The lowest BCUT2D eigenvalue weighted by atomic mass is 10.2. The molecule has 0 bridgehead atoms. The molecule has 0 aliphatic heterocycles. The number of pyridine rings is 1. The quantitative estimate of drug-likeness (QED) is 0.883. The summed E-state index contributed by atoms with van der Waals surface area (Å²) in [6, 6.07) is 10.4. The van der Waals surface area contributed by atoms with Crippen LogP contribution in [0.25, 0.3) is 0 Å². The van der Waals surface area contributed by atoms with Crippen molar-refractivity contribution in [1.29, 1.82) is 0 Å². The molecule has 118 valence electrons. The Kier molecular flexibility index (Phi) is 6.66. The highest BCUT2D eigenvalue weighted by Crippen LogP contribution is 2.16. The summed E-state index contributed by atoms with van der Waals surface area (Å²) in [6.07, 6.45) is 2.62. The van der Waals surface area contributed by atoms with E-state index in [9.17, 15) is 4.79 Å². The van der Waals surface area contributed by atoms with Crippen molar-refractivity contribution in [2.45, 2.75) is 26.4 Å². The third-order valence-electron chi connectivity index (χ3n) is 3.07. The van der Waals surface area contributed by atoms with Crippen molar-refractivity contribution in [2.75, 3.05) is 11.1 Å². The molecule has 1 unspecified atom stereocenters. The van der Waals surface area contributed by atoms with Crippen molar-refractivity contribution in [2.24, 2.45) is 0 Å². The van der Waals surface area contributed by atoms with Gasteiger partial charge in [0, 0.05) is 5.56 Å².